The minimum atomic E-state index is -0.373. The molecular weight excluding hydrogens is 300 g/mol. The van der Waals surface area contributed by atoms with Gasteiger partial charge in [0.15, 0.2) is 0 Å². The summed E-state index contributed by atoms with van der Waals surface area (Å²) < 4.78 is 9.05. The number of carbonyl (C=O) groups excluding carboxylic acids is 4. The number of hydrogen-bond donors (Lipinski definition) is 0. The number of rotatable bonds is 0. The molecule has 0 spiro atoms. The van der Waals surface area contributed by atoms with Crippen molar-refractivity contribution in [3.63, 3.8) is 0 Å². The maximum atomic E-state index is 11.2. The molecule has 2 bridgehead atoms. The fourth-order valence-electron chi connectivity index (χ4n) is 4.28. The molecule has 0 aromatic heterocycles. The van der Waals surface area contributed by atoms with E-state index in [1.165, 1.54) is 0 Å². The molecule has 5 aliphatic rings. The van der Waals surface area contributed by atoms with E-state index in [9.17, 15) is 19.2 Å². The molecule has 1 saturated carbocycles. The van der Waals surface area contributed by atoms with Gasteiger partial charge in [-0.15, -0.1) is 0 Å². The van der Waals surface area contributed by atoms with Gasteiger partial charge in [-0.1, -0.05) is 12.2 Å². The van der Waals surface area contributed by atoms with Gasteiger partial charge < -0.3 is 9.47 Å². The van der Waals surface area contributed by atoms with E-state index >= 15 is 0 Å². The van der Waals surface area contributed by atoms with Crippen LogP contribution in [0, 0.1) is 23.7 Å². The SMILES string of the molecule is O=C1OC(=O)C2=C1C1CCC2C1.O=C1OC(=O)C2CC=CCC12. The summed E-state index contributed by atoms with van der Waals surface area (Å²) in [6.07, 6.45) is 8.32. The number of carbonyl (C=O) groups is 4. The standard InChI is InChI=1S/C9H8O3.C8H8O3/c10-8-6-4-1-2-5(3-4)7(6)9(11)12-8;9-7-5-3-1-2-4-6(5)8(10)11-7/h4-5H,1-3H2;1-2,5-6H,3-4H2. The lowest BCUT2D eigenvalue weighted by molar-refractivity contribution is -0.154. The van der Waals surface area contributed by atoms with Crippen LogP contribution in [-0.4, -0.2) is 23.9 Å². The number of hydrogen-bond acceptors (Lipinski definition) is 6. The van der Waals surface area contributed by atoms with Crippen molar-refractivity contribution in [1.82, 2.24) is 0 Å². The first kappa shape index (κ1) is 14.4. The molecule has 6 heteroatoms. The van der Waals surface area contributed by atoms with Gasteiger partial charge in [-0.25, -0.2) is 9.59 Å². The van der Waals surface area contributed by atoms with Crippen LogP contribution in [0.5, 0.6) is 0 Å². The van der Waals surface area contributed by atoms with Gasteiger partial charge in [0.2, 0.25) is 0 Å². The van der Waals surface area contributed by atoms with E-state index in [2.05, 4.69) is 9.47 Å². The van der Waals surface area contributed by atoms with Crippen molar-refractivity contribution < 1.29 is 28.7 Å². The quantitative estimate of drug-likeness (QED) is 0.382. The average Bonchev–Trinajstić information content (AvgIpc) is 3.27. The summed E-state index contributed by atoms with van der Waals surface area (Å²) in [5.74, 6) is -1.13. The average molecular weight is 316 g/mol. The molecule has 4 atom stereocenters. The van der Waals surface area contributed by atoms with Crippen molar-refractivity contribution in [1.29, 1.82) is 0 Å². The summed E-state index contributed by atoms with van der Waals surface area (Å²) in [4.78, 5) is 44.2. The second-order valence-electron chi connectivity index (χ2n) is 6.61. The molecule has 1 saturated heterocycles. The van der Waals surface area contributed by atoms with Crippen molar-refractivity contribution in [2.24, 2.45) is 23.7 Å². The van der Waals surface area contributed by atoms with Crippen LogP contribution in [0.2, 0.25) is 0 Å². The first-order chi connectivity index (χ1) is 11.1. The Morgan fingerprint density at radius 2 is 1.22 bits per heavy atom. The topological polar surface area (TPSA) is 86.7 Å². The predicted octanol–water partition coefficient (Wildman–Crippen LogP) is 1.45. The van der Waals surface area contributed by atoms with E-state index in [4.69, 9.17) is 0 Å². The lowest BCUT2D eigenvalue weighted by atomic mass is 9.85. The Morgan fingerprint density at radius 3 is 1.70 bits per heavy atom. The maximum absolute atomic E-state index is 11.2. The third-order valence-electron chi connectivity index (χ3n) is 5.40. The molecule has 5 rings (SSSR count). The highest BCUT2D eigenvalue weighted by Gasteiger charge is 2.50. The molecule has 4 unspecified atom stereocenters. The third kappa shape index (κ3) is 2.16. The first-order valence-electron chi connectivity index (χ1n) is 7.97. The Labute approximate surface area is 132 Å². The van der Waals surface area contributed by atoms with Crippen molar-refractivity contribution in [2.75, 3.05) is 0 Å². The van der Waals surface area contributed by atoms with Crippen LogP contribution < -0.4 is 0 Å². The van der Waals surface area contributed by atoms with E-state index in [-0.39, 0.29) is 35.7 Å². The second-order valence-corrected chi connectivity index (χ2v) is 6.61. The second kappa shape index (κ2) is 5.15. The number of fused-ring (bicyclic) bond motifs is 5. The third-order valence-corrected chi connectivity index (χ3v) is 5.40. The summed E-state index contributed by atoms with van der Waals surface area (Å²) in [5.41, 5.74) is 1.41. The van der Waals surface area contributed by atoms with Gasteiger partial charge in [0.05, 0.1) is 23.0 Å². The highest BCUT2D eigenvalue weighted by atomic mass is 16.6. The summed E-state index contributed by atoms with van der Waals surface area (Å²) in [6, 6.07) is 0. The minimum Gasteiger partial charge on any atom is -0.393 e. The molecule has 2 fully saturated rings. The lowest BCUT2D eigenvalue weighted by Crippen LogP contribution is -2.18. The van der Waals surface area contributed by atoms with E-state index < -0.39 is 0 Å². The van der Waals surface area contributed by atoms with Crippen LogP contribution >= 0.6 is 0 Å². The van der Waals surface area contributed by atoms with Gasteiger partial charge in [0, 0.05) is 0 Å². The van der Waals surface area contributed by atoms with Crippen molar-refractivity contribution in [3.05, 3.63) is 23.3 Å². The number of esters is 4. The van der Waals surface area contributed by atoms with E-state index in [1.807, 2.05) is 12.2 Å². The van der Waals surface area contributed by atoms with E-state index in [1.54, 1.807) is 0 Å². The molecule has 6 nitrogen and oxygen atoms in total. The van der Waals surface area contributed by atoms with Crippen LogP contribution in [0.1, 0.15) is 32.1 Å². The molecule has 0 N–H and O–H groups in total. The first-order valence-corrected chi connectivity index (χ1v) is 7.97. The minimum absolute atomic E-state index is 0.188. The van der Waals surface area contributed by atoms with E-state index in [0.717, 1.165) is 19.3 Å². The molecule has 120 valence electrons. The number of allylic oxidation sites excluding steroid dienone is 2. The van der Waals surface area contributed by atoms with Crippen LogP contribution in [0.25, 0.3) is 0 Å². The summed E-state index contributed by atoms with van der Waals surface area (Å²) in [6.45, 7) is 0. The zero-order valence-corrected chi connectivity index (χ0v) is 12.4. The molecule has 23 heavy (non-hydrogen) atoms. The van der Waals surface area contributed by atoms with Gasteiger partial charge in [-0.3, -0.25) is 9.59 Å². The monoisotopic (exact) mass is 316 g/mol. The summed E-state index contributed by atoms with van der Waals surface area (Å²) >= 11 is 0. The van der Waals surface area contributed by atoms with E-state index in [0.29, 0.717) is 35.8 Å². The zero-order chi connectivity index (χ0) is 16.1. The number of cyclic esters (lactones) is 4. The Hall–Kier alpha value is -2.24. The highest BCUT2D eigenvalue weighted by molar-refractivity contribution is 6.13. The smallest absolute Gasteiger partial charge is 0.342 e. The molecule has 0 amide bonds. The van der Waals surface area contributed by atoms with Crippen molar-refractivity contribution >= 4 is 23.9 Å². The molecular formula is C17H16O6. The van der Waals surface area contributed by atoms with Crippen LogP contribution in [0.15, 0.2) is 23.3 Å². The van der Waals surface area contributed by atoms with Crippen LogP contribution in [-0.2, 0) is 28.7 Å². The normalized spacial score (nSPS) is 36.5. The lowest BCUT2D eigenvalue weighted by Gasteiger charge is -2.12. The molecule has 0 radical (unpaired) electrons. The molecule has 3 aliphatic carbocycles. The Balaban J connectivity index is 0.000000118. The Kier molecular flexibility index (Phi) is 3.21. The zero-order valence-electron chi connectivity index (χ0n) is 12.4. The molecule has 0 aromatic carbocycles. The highest BCUT2D eigenvalue weighted by Crippen LogP contribution is 2.51. The Morgan fingerprint density at radius 1 is 0.739 bits per heavy atom. The number of ether oxygens (including phenoxy) is 2. The van der Waals surface area contributed by atoms with Gasteiger partial charge in [-0.2, -0.15) is 0 Å². The van der Waals surface area contributed by atoms with Gasteiger partial charge in [-0.05, 0) is 43.9 Å². The predicted molar refractivity (Wildman–Crippen MR) is 75.4 cm³/mol. The van der Waals surface area contributed by atoms with Gasteiger partial charge >= 0.3 is 23.9 Å². The maximum Gasteiger partial charge on any atom is 0.342 e. The molecule has 2 aliphatic heterocycles. The van der Waals surface area contributed by atoms with Crippen LogP contribution in [0.4, 0.5) is 0 Å². The fourth-order valence-corrected chi connectivity index (χ4v) is 4.28. The van der Waals surface area contributed by atoms with Crippen molar-refractivity contribution in [2.45, 2.75) is 32.1 Å². The molecule has 0 aromatic rings. The van der Waals surface area contributed by atoms with Gasteiger partial charge in [0.1, 0.15) is 0 Å². The fraction of sp³-hybridized carbons (Fsp3) is 0.529. The molecule has 2 heterocycles. The Bertz CT molecular complexity index is 631. The summed E-state index contributed by atoms with van der Waals surface area (Å²) in [7, 11) is 0. The summed E-state index contributed by atoms with van der Waals surface area (Å²) in [5, 5.41) is 0. The largest absolute Gasteiger partial charge is 0.393 e. The van der Waals surface area contributed by atoms with Crippen LogP contribution in [0.3, 0.4) is 0 Å². The van der Waals surface area contributed by atoms with Crippen molar-refractivity contribution in [3.8, 4) is 0 Å². The van der Waals surface area contributed by atoms with Gasteiger partial charge in [0.25, 0.3) is 0 Å².